The fourth-order valence-electron chi connectivity index (χ4n) is 8.50. The van der Waals surface area contributed by atoms with Gasteiger partial charge in [0.05, 0.1) is 37.1 Å². The molecular weight excluding hydrogens is 752 g/mol. The molecule has 2 aromatic rings. The van der Waals surface area contributed by atoms with E-state index in [-0.39, 0.29) is 48.7 Å². The molecule has 2 aromatic carbocycles. The molecule has 0 saturated carbocycles. The summed E-state index contributed by atoms with van der Waals surface area (Å²) in [6.07, 6.45) is 3.22. The highest BCUT2D eigenvalue weighted by Crippen LogP contribution is 2.61. The molecule has 1 unspecified atom stereocenters. The lowest BCUT2D eigenvalue weighted by Crippen LogP contribution is -2.59. The van der Waals surface area contributed by atoms with Gasteiger partial charge in [-0.2, -0.15) is 0 Å². The van der Waals surface area contributed by atoms with E-state index in [1.807, 2.05) is 68.4 Å². The number of ether oxygens (including phenoxy) is 2. The maximum Gasteiger partial charge on any atom is 0.313 e. The molecule has 12 heteroatoms. The number of nitrogens with one attached hydrogen (secondary N) is 1. The molecule has 3 aliphatic rings. The van der Waals surface area contributed by atoms with Crippen LogP contribution in [0, 0.1) is 17.8 Å². The molecule has 2 bridgehead atoms. The number of carbonyl (C=O) groups excluding carboxylic acids is 4. The van der Waals surface area contributed by atoms with Crippen molar-refractivity contribution in [2.45, 2.75) is 88.1 Å². The Kier molecular flexibility index (Phi) is 13.8. The van der Waals surface area contributed by atoms with Gasteiger partial charge in [-0.15, -0.1) is 13.2 Å². The van der Waals surface area contributed by atoms with Crippen LogP contribution in [0.5, 0.6) is 0 Å². The highest BCUT2D eigenvalue weighted by Gasteiger charge is 2.77. The third-order valence-corrected chi connectivity index (χ3v) is 11.8. The maximum absolute atomic E-state index is 15.2. The van der Waals surface area contributed by atoms with Crippen LogP contribution < -0.4 is 15.1 Å². The monoisotopic (exact) mass is 806 g/mol. The number of fused-ring (bicyclic) bond motifs is 1. The van der Waals surface area contributed by atoms with E-state index in [1.165, 1.54) is 4.90 Å². The van der Waals surface area contributed by atoms with E-state index in [0.717, 1.165) is 18.8 Å². The molecule has 54 heavy (non-hydrogen) atoms. The fourth-order valence-corrected chi connectivity index (χ4v) is 9.45. The molecule has 292 valence electrons. The Morgan fingerprint density at radius 3 is 2.33 bits per heavy atom. The second-order valence-corrected chi connectivity index (χ2v) is 15.9. The van der Waals surface area contributed by atoms with Crippen molar-refractivity contribution in [1.29, 1.82) is 0 Å². The van der Waals surface area contributed by atoms with E-state index in [2.05, 4.69) is 53.2 Å². The van der Waals surface area contributed by atoms with Gasteiger partial charge in [-0.3, -0.25) is 19.2 Å². The van der Waals surface area contributed by atoms with Gasteiger partial charge in [0.2, 0.25) is 11.8 Å². The van der Waals surface area contributed by atoms with Gasteiger partial charge in [-0.05, 0) is 68.9 Å². The molecule has 3 saturated heterocycles. The number of rotatable bonds is 19. The molecule has 1 spiro atoms. The van der Waals surface area contributed by atoms with Gasteiger partial charge in [0.15, 0.2) is 0 Å². The van der Waals surface area contributed by atoms with Crippen LogP contribution in [0.15, 0.2) is 79.9 Å². The third kappa shape index (κ3) is 8.16. The zero-order valence-corrected chi connectivity index (χ0v) is 33.5. The minimum Gasteiger partial charge on any atom is -0.455 e. The molecule has 8 atom stereocenters. The highest BCUT2D eigenvalue weighted by atomic mass is 79.9. The number of anilines is 2. The van der Waals surface area contributed by atoms with Crippen molar-refractivity contribution in [3.8, 4) is 0 Å². The van der Waals surface area contributed by atoms with Gasteiger partial charge >= 0.3 is 5.97 Å². The Morgan fingerprint density at radius 1 is 1.07 bits per heavy atom. The number of carbonyl (C=O) groups is 4. The Labute approximate surface area is 327 Å². The zero-order valence-electron chi connectivity index (χ0n) is 31.9. The minimum atomic E-state index is -1.37. The summed E-state index contributed by atoms with van der Waals surface area (Å²) in [6, 6.07) is 15.0. The molecule has 0 aromatic heterocycles. The van der Waals surface area contributed by atoms with Gasteiger partial charge < -0.3 is 34.6 Å². The van der Waals surface area contributed by atoms with Gasteiger partial charge in [0.25, 0.3) is 5.91 Å². The van der Waals surface area contributed by atoms with Crippen molar-refractivity contribution in [3.05, 3.63) is 85.5 Å². The van der Waals surface area contributed by atoms with Crippen LogP contribution in [0.4, 0.5) is 11.4 Å². The number of esters is 1. The van der Waals surface area contributed by atoms with E-state index in [0.29, 0.717) is 30.5 Å². The number of amides is 3. The first-order chi connectivity index (χ1) is 26.0. The summed E-state index contributed by atoms with van der Waals surface area (Å²) in [6.45, 7) is 17.3. The maximum atomic E-state index is 15.2. The quantitative estimate of drug-likeness (QED) is 0.107. The number of benzene rings is 2. The molecule has 3 aliphatic heterocycles. The molecule has 0 radical (unpaired) electrons. The SMILES string of the molecule is C=CCCC(=O)NC[C@@H](OC(=O)[C@@H]1[C@H]2O[C@@]3(CC2Br)[C@H](C(=O)N(CC=C)c2ccc(N(CC)CC)cc2)N([C@@H](CO)CC(C)C)C(=O)[C@@H]13)c1ccccc1. The van der Waals surface area contributed by atoms with E-state index in [4.69, 9.17) is 9.47 Å². The number of alkyl halides is 1. The van der Waals surface area contributed by atoms with Gasteiger partial charge in [-0.25, -0.2) is 0 Å². The van der Waals surface area contributed by atoms with E-state index in [1.54, 1.807) is 17.1 Å². The van der Waals surface area contributed by atoms with Gasteiger partial charge in [0, 0.05) is 42.3 Å². The van der Waals surface area contributed by atoms with Crippen LogP contribution in [0.1, 0.15) is 65.0 Å². The first-order valence-electron chi connectivity index (χ1n) is 19.1. The lowest BCUT2D eigenvalue weighted by molar-refractivity contribution is -0.161. The first kappa shape index (κ1) is 41.2. The molecule has 11 nitrogen and oxygen atoms in total. The zero-order chi connectivity index (χ0) is 39.2. The van der Waals surface area contributed by atoms with Crippen molar-refractivity contribution in [1.82, 2.24) is 10.2 Å². The fraction of sp³-hybridized carbons (Fsp3) is 0.524. The van der Waals surface area contributed by atoms with Crippen molar-refractivity contribution >= 4 is 51.0 Å². The summed E-state index contributed by atoms with van der Waals surface area (Å²) in [7, 11) is 0. The van der Waals surface area contributed by atoms with Crippen molar-refractivity contribution in [2.75, 3.05) is 42.6 Å². The van der Waals surface area contributed by atoms with Crippen LogP contribution in [0.2, 0.25) is 0 Å². The first-order valence-corrected chi connectivity index (χ1v) is 20.0. The molecule has 5 rings (SSSR count). The lowest BCUT2D eigenvalue weighted by atomic mass is 9.70. The summed E-state index contributed by atoms with van der Waals surface area (Å²) in [5, 5.41) is 13.6. The largest absolute Gasteiger partial charge is 0.455 e. The molecule has 2 N–H and O–H groups in total. The van der Waals surface area contributed by atoms with Crippen molar-refractivity contribution in [2.24, 2.45) is 17.8 Å². The minimum absolute atomic E-state index is 0.0310. The normalized spacial score (nSPS) is 25.2. The number of allylic oxidation sites excluding steroid dienone is 1. The topological polar surface area (TPSA) is 129 Å². The third-order valence-electron chi connectivity index (χ3n) is 10.9. The predicted molar refractivity (Wildman–Crippen MR) is 213 cm³/mol. The average molecular weight is 808 g/mol. The smallest absolute Gasteiger partial charge is 0.313 e. The molecule has 3 fully saturated rings. The standard InChI is InChI=1S/C42H55BrN4O7/c1-7-11-17-34(49)44-25-33(28-15-13-12-14-16-28)53-41(52)35-36-39(50)47(31(26-48)23-27(5)6)38(42(36)24-32(43)37(35)54-42)40(51)46(22-8-2)30-20-18-29(19-21-30)45(9-3)10-4/h7-8,12-16,18-21,27,31-33,35-38,48H,1-2,9-11,17,22-26H2,3-6H3,(H,44,49)/t31-,32?,33-,35+,36-,37+,38+,42-/m1/s1. The van der Waals surface area contributed by atoms with Crippen LogP contribution in [-0.4, -0.2) is 95.1 Å². The number of hydrogen-bond donors (Lipinski definition) is 2. The number of likely N-dealkylation sites (tertiary alicyclic amines) is 1. The Morgan fingerprint density at radius 2 is 1.74 bits per heavy atom. The van der Waals surface area contributed by atoms with E-state index < -0.39 is 53.6 Å². The van der Waals surface area contributed by atoms with Crippen molar-refractivity contribution in [3.63, 3.8) is 0 Å². The second-order valence-electron chi connectivity index (χ2n) is 14.8. The van der Waals surface area contributed by atoms with Crippen LogP contribution in [0.25, 0.3) is 0 Å². The highest BCUT2D eigenvalue weighted by molar-refractivity contribution is 9.09. The number of aliphatic hydroxyl groups excluding tert-OH is 1. The van der Waals surface area contributed by atoms with Crippen LogP contribution in [-0.2, 0) is 28.7 Å². The lowest BCUT2D eigenvalue weighted by Gasteiger charge is -2.40. The Hall–Kier alpha value is -4.00. The number of nitrogens with zero attached hydrogens (tertiary/aromatic N) is 3. The van der Waals surface area contributed by atoms with Gasteiger partial charge in [-0.1, -0.05) is 72.3 Å². The van der Waals surface area contributed by atoms with E-state index >= 15 is 4.79 Å². The molecule has 0 aliphatic carbocycles. The van der Waals surface area contributed by atoms with Crippen molar-refractivity contribution < 1.29 is 33.8 Å². The second kappa shape index (κ2) is 18.1. The van der Waals surface area contributed by atoms with Gasteiger partial charge in [0.1, 0.15) is 17.7 Å². The number of hydrogen-bond acceptors (Lipinski definition) is 8. The summed E-state index contributed by atoms with van der Waals surface area (Å²) in [5.41, 5.74) is 0.964. The summed E-state index contributed by atoms with van der Waals surface area (Å²) in [4.78, 5) is 62.1. The predicted octanol–water partition coefficient (Wildman–Crippen LogP) is 5.57. The Balaban J connectivity index is 1.53. The van der Waals surface area contributed by atoms with Crippen LogP contribution >= 0.6 is 15.9 Å². The molecule has 3 heterocycles. The van der Waals surface area contributed by atoms with Crippen LogP contribution in [0.3, 0.4) is 0 Å². The summed E-state index contributed by atoms with van der Waals surface area (Å²) in [5.74, 6) is -3.62. The average Bonchev–Trinajstić information content (AvgIpc) is 3.77. The Bertz CT molecular complexity index is 1650. The molecule has 3 amide bonds. The van der Waals surface area contributed by atoms with E-state index in [9.17, 15) is 19.5 Å². The number of halogens is 1. The number of aliphatic hydroxyl groups is 1. The summed E-state index contributed by atoms with van der Waals surface area (Å²) < 4.78 is 13.0. The molecular formula is C42H55BrN4O7. The summed E-state index contributed by atoms with van der Waals surface area (Å²) >= 11 is 3.76.